The lowest BCUT2D eigenvalue weighted by molar-refractivity contribution is 0.232. The lowest BCUT2D eigenvalue weighted by Gasteiger charge is -2.26. The molecular formula is C17H29IN4. The van der Waals surface area contributed by atoms with Gasteiger partial charge in [0.25, 0.3) is 0 Å². The van der Waals surface area contributed by atoms with E-state index in [9.17, 15) is 0 Å². The number of aryl methyl sites for hydroxylation is 1. The first-order valence-corrected chi connectivity index (χ1v) is 8.00. The van der Waals surface area contributed by atoms with Gasteiger partial charge in [0, 0.05) is 26.7 Å². The van der Waals surface area contributed by atoms with Gasteiger partial charge in [-0.3, -0.25) is 4.99 Å². The summed E-state index contributed by atoms with van der Waals surface area (Å²) in [4.78, 5) is 6.82. The third-order valence-electron chi connectivity index (χ3n) is 3.94. The average Bonchev–Trinajstić information content (AvgIpc) is 2.52. The molecule has 0 amide bonds. The van der Waals surface area contributed by atoms with Crippen LogP contribution in [0.4, 0.5) is 0 Å². The van der Waals surface area contributed by atoms with E-state index in [1.165, 1.54) is 43.5 Å². The Labute approximate surface area is 151 Å². The molecule has 22 heavy (non-hydrogen) atoms. The minimum Gasteiger partial charge on any atom is -0.355 e. The zero-order chi connectivity index (χ0) is 14.9. The van der Waals surface area contributed by atoms with E-state index in [2.05, 4.69) is 51.7 Å². The van der Waals surface area contributed by atoms with E-state index in [-0.39, 0.29) is 24.0 Å². The second-order valence-corrected chi connectivity index (χ2v) is 5.74. The van der Waals surface area contributed by atoms with Gasteiger partial charge in [0.15, 0.2) is 5.96 Å². The molecule has 1 aromatic rings. The molecule has 0 radical (unpaired) electrons. The highest BCUT2D eigenvalue weighted by Gasteiger charge is 2.09. The second kappa shape index (κ2) is 10.8. The summed E-state index contributed by atoms with van der Waals surface area (Å²) >= 11 is 0. The quantitative estimate of drug-likeness (QED) is 0.441. The molecule has 1 saturated heterocycles. The summed E-state index contributed by atoms with van der Waals surface area (Å²) in [6.07, 6.45) is 4.09. The van der Waals surface area contributed by atoms with E-state index < -0.39 is 0 Å². The van der Waals surface area contributed by atoms with Crippen LogP contribution in [0.25, 0.3) is 0 Å². The van der Waals surface area contributed by atoms with Crippen molar-refractivity contribution in [3.8, 4) is 0 Å². The van der Waals surface area contributed by atoms with Gasteiger partial charge in [0.2, 0.25) is 0 Å². The largest absolute Gasteiger partial charge is 0.355 e. The summed E-state index contributed by atoms with van der Waals surface area (Å²) in [5, 5.41) is 6.77. The van der Waals surface area contributed by atoms with E-state index in [0.29, 0.717) is 0 Å². The van der Waals surface area contributed by atoms with Gasteiger partial charge >= 0.3 is 0 Å². The Morgan fingerprint density at radius 1 is 1.18 bits per heavy atom. The molecule has 1 aliphatic heterocycles. The minimum absolute atomic E-state index is 0. The van der Waals surface area contributed by atoms with Crippen molar-refractivity contribution in [3.05, 3.63) is 35.4 Å². The number of nitrogens with one attached hydrogen (secondary N) is 2. The van der Waals surface area contributed by atoms with E-state index in [1.807, 2.05) is 7.05 Å². The molecule has 4 nitrogen and oxygen atoms in total. The molecule has 0 bridgehead atoms. The van der Waals surface area contributed by atoms with Gasteiger partial charge in [0.1, 0.15) is 0 Å². The molecule has 1 heterocycles. The highest BCUT2D eigenvalue weighted by molar-refractivity contribution is 14.0. The molecule has 0 spiro atoms. The molecule has 0 unspecified atom stereocenters. The van der Waals surface area contributed by atoms with Crippen LogP contribution in [0.1, 0.15) is 30.4 Å². The molecule has 0 aromatic heterocycles. The van der Waals surface area contributed by atoms with E-state index in [4.69, 9.17) is 0 Å². The fourth-order valence-electron chi connectivity index (χ4n) is 2.74. The maximum Gasteiger partial charge on any atom is 0.191 e. The number of nitrogens with zero attached hydrogens (tertiary/aromatic N) is 2. The lowest BCUT2D eigenvalue weighted by atomic mass is 10.1. The van der Waals surface area contributed by atoms with Gasteiger partial charge in [0.05, 0.1) is 0 Å². The minimum atomic E-state index is 0. The van der Waals surface area contributed by atoms with Gasteiger partial charge in [-0.25, -0.2) is 0 Å². The number of halogens is 1. The van der Waals surface area contributed by atoms with Crippen LogP contribution in [0.3, 0.4) is 0 Å². The van der Waals surface area contributed by atoms with Crippen molar-refractivity contribution >= 4 is 29.9 Å². The number of rotatable bonds is 5. The second-order valence-electron chi connectivity index (χ2n) is 5.74. The highest BCUT2D eigenvalue weighted by Crippen LogP contribution is 2.07. The van der Waals surface area contributed by atoms with Crippen LogP contribution in [-0.2, 0) is 6.54 Å². The number of guanidine groups is 1. The lowest BCUT2D eigenvalue weighted by Crippen LogP contribution is -2.42. The first kappa shape index (κ1) is 19.2. The van der Waals surface area contributed by atoms with Crippen molar-refractivity contribution in [1.29, 1.82) is 0 Å². The number of hydrogen-bond acceptors (Lipinski definition) is 2. The Balaban J connectivity index is 0.00000242. The Morgan fingerprint density at radius 2 is 1.95 bits per heavy atom. The summed E-state index contributed by atoms with van der Waals surface area (Å²) in [6, 6.07) is 8.56. The summed E-state index contributed by atoms with van der Waals surface area (Å²) < 4.78 is 0. The summed E-state index contributed by atoms with van der Waals surface area (Å²) in [5.41, 5.74) is 2.58. The van der Waals surface area contributed by atoms with Gasteiger partial charge in [-0.15, -0.1) is 24.0 Å². The molecule has 0 atom stereocenters. The predicted molar refractivity (Wildman–Crippen MR) is 105 cm³/mol. The fraction of sp³-hybridized carbons (Fsp3) is 0.588. The standard InChI is InChI=1S/C17H28N4.HI/c1-15-7-6-8-16(13-15)14-20-17(18-2)19-9-12-21-10-4-3-5-11-21;/h6-8,13H,3-5,9-12,14H2,1-2H3,(H2,18,19,20);1H. The number of likely N-dealkylation sites (tertiary alicyclic amines) is 1. The molecule has 0 aliphatic carbocycles. The van der Waals surface area contributed by atoms with Crippen molar-refractivity contribution in [3.63, 3.8) is 0 Å². The summed E-state index contributed by atoms with van der Waals surface area (Å²) in [6.45, 7) is 7.48. The Kier molecular flexibility index (Phi) is 9.47. The highest BCUT2D eigenvalue weighted by atomic mass is 127. The zero-order valence-corrected chi connectivity index (χ0v) is 16.1. The van der Waals surface area contributed by atoms with Crippen LogP contribution in [0.2, 0.25) is 0 Å². The molecule has 1 aliphatic rings. The molecule has 0 saturated carbocycles. The summed E-state index contributed by atoms with van der Waals surface area (Å²) in [7, 11) is 1.83. The normalized spacial score (nSPS) is 16.0. The Bertz CT molecular complexity index is 456. The molecule has 124 valence electrons. The third-order valence-corrected chi connectivity index (χ3v) is 3.94. The predicted octanol–water partition coefficient (Wildman–Crippen LogP) is 2.76. The van der Waals surface area contributed by atoms with Gasteiger partial charge in [-0.2, -0.15) is 0 Å². The SMILES string of the molecule is CN=C(NCCN1CCCCC1)NCc1cccc(C)c1.I. The first-order chi connectivity index (χ1) is 10.3. The molecule has 2 rings (SSSR count). The maximum atomic E-state index is 4.28. The van der Waals surface area contributed by atoms with Crippen LogP contribution < -0.4 is 10.6 Å². The first-order valence-electron chi connectivity index (χ1n) is 8.00. The Morgan fingerprint density at radius 3 is 2.64 bits per heavy atom. The van der Waals surface area contributed by atoms with Crippen LogP contribution in [0, 0.1) is 6.92 Å². The molecule has 2 N–H and O–H groups in total. The topological polar surface area (TPSA) is 39.7 Å². The van der Waals surface area contributed by atoms with Crippen LogP contribution >= 0.6 is 24.0 Å². The van der Waals surface area contributed by atoms with Crippen LogP contribution in [0.5, 0.6) is 0 Å². The molecule has 5 heteroatoms. The van der Waals surface area contributed by atoms with Crippen molar-refractivity contribution in [2.45, 2.75) is 32.7 Å². The van der Waals surface area contributed by atoms with Crippen molar-refractivity contribution in [2.24, 2.45) is 4.99 Å². The molecule has 1 fully saturated rings. The number of benzene rings is 1. The smallest absolute Gasteiger partial charge is 0.191 e. The Hall–Kier alpha value is -0.820. The number of piperidine rings is 1. The summed E-state index contributed by atoms with van der Waals surface area (Å²) in [5.74, 6) is 0.883. The average molecular weight is 416 g/mol. The van der Waals surface area contributed by atoms with Gasteiger partial charge in [-0.1, -0.05) is 36.2 Å². The number of hydrogen-bond donors (Lipinski definition) is 2. The van der Waals surface area contributed by atoms with E-state index in [0.717, 1.165) is 25.6 Å². The van der Waals surface area contributed by atoms with Gasteiger partial charge < -0.3 is 15.5 Å². The number of aliphatic imine (C=N–C) groups is 1. The molecular weight excluding hydrogens is 387 g/mol. The maximum absolute atomic E-state index is 4.28. The molecule has 1 aromatic carbocycles. The third kappa shape index (κ3) is 6.96. The van der Waals surface area contributed by atoms with Crippen molar-refractivity contribution in [2.75, 3.05) is 33.2 Å². The van der Waals surface area contributed by atoms with Gasteiger partial charge in [-0.05, 0) is 38.4 Å². The monoisotopic (exact) mass is 416 g/mol. The van der Waals surface area contributed by atoms with Crippen molar-refractivity contribution in [1.82, 2.24) is 15.5 Å². The van der Waals surface area contributed by atoms with E-state index in [1.54, 1.807) is 0 Å². The van der Waals surface area contributed by atoms with Crippen molar-refractivity contribution < 1.29 is 0 Å². The van der Waals surface area contributed by atoms with Crippen LogP contribution in [-0.4, -0.2) is 44.1 Å². The van der Waals surface area contributed by atoms with Crippen LogP contribution in [0.15, 0.2) is 29.3 Å². The zero-order valence-electron chi connectivity index (χ0n) is 13.8. The van der Waals surface area contributed by atoms with E-state index >= 15 is 0 Å². The fourth-order valence-corrected chi connectivity index (χ4v) is 2.74.